The van der Waals surface area contributed by atoms with E-state index in [4.69, 9.17) is 4.74 Å². The highest BCUT2D eigenvalue weighted by atomic mass is 16.5. The van der Waals surface area contributed by atoms with E-state index in [2.05, 4.69) is 57.0 Å². The lowest BCUT2D eigenvalue weighted by Gasteiger charge is -2.26. The second-order valence-electron chi connectivity index (χ2n) is 8.91. The van der Waals surface area contributed by atoms with Crippen molar-refractivity contribution in [2.45, 2.75) is 33.4 Å². The van der Waals surface area contributed by atoms with Gasteiger partial charge in [-0.25, -0.2) is 9.67 Å². The highest BCUT2D eigenvalue weighted by molar-refractivity contribution is 6.07. The van der Waals surface area contributed by atoms with Gasteiger partial charge in [0.25, 0.3) is 5.91 Å². The number of nitrogens with one attached hydrogen (secondary N) is 1. The number of nitrogens with zero attached hydrogens (tertiary/aromatic N) is 5. The maximum Gasteiger partial charge on any atom is 0.257 e. The Kier molecular flexibility index (Phi) is 5.86. The fourth-order valence-corrected chi connectivity index (χ4v) is 4.42. The number of ether oxygens (including phenoxy) is 1. The van der Waals surface area contributed by atoms with E-state index in [0.29, 0.717) is 11.3 Å². The molecule has 8 heteroatoms. The molecule has 1 aliphatic heterocycles. The highest BCUT2D eigenvalue weighted by Gasteiger charge is 2.16. The number of hydrogen-bond acceptors (Lipinski definition) is 5. The zero-order chi connectivity index (χ0) is 22.9. The van der Waals surface area contributed by atoms with Gasteiger partial charge in [0.15, 0.2) is 5.65 Å². The summed E-state index contributed by atoms with van der Waals surface area (Å²) < 4.78 is 9.58. The molecule has 1 amide bonds. The molecule has 4 heterocycles. The summed E-state index contributed by atoms with van der Waals surface area (Å²) >= 11 is 0. The van der Waals surface area contributed by atoms with E-state index in [1.54, 1.807) is 6.20 Å². The van der Waals surface area contributed by atoms with Crippen LogP contribution in [0.5, 0.6) is 0 Å². The molecule has 0 unspecified atom stereocenters. The number of pyridine rings is 1. The number of anilines is 1. The summed E-state index contributed by atoms with van der Waals surface area (Å²) in [7, 11) is 0. The van der Waals surface area contributed by atoms with E-state index < -0.39 is 0 Å². The van der Waals surface area contributed by atoms with E-state index in [-0.39, 0.29) is 11.9 Å². The topological polar surface area (TPSA) is 77.2 Å². The molecule has 5 rings (SSSR count). The number of morpholine rings is 1. The first-order valence-corrected chi connectivity index (χ1v) is 11.5. The van der Waals surface area contributed by atoms with E-state index in [9.17, 15) is 4.79 Å². The third kappa shape index (κ3) is 4.36. The van der Waals surface area contributed by atoms with E-state index in [1.807, 2.05) is 29.8 Å². The molecule has 1 fully saturated rings. The Balaban J connectivity index is 1.31. The van der Waals surface area contributed by atoms with Gasteiger partial charge in [-0.05, 0) is 51.1 Å². The van der Waals surface area contributed by atoms with Crippen LogP contribution in [0.15, 0.2) is 42.7 Å². The van der Waals surface area contributed by atoms with Crippen LogP contribution in [0.2, 0.25) is 0 Å². The predicted octanol–water partition coefficient (Wildman–Crippen LogP) is 3.86. The first kappa shape index (κ1) is 21.6. The maximum atomic E-state index is 13.0. The van der Waals surface area contributed by atoms with Crippen LogP contribution in [-0.4, -0.2) is 63.0 Å². The van der Waals surface area contributed by atoms with Gasteiger partial charge in [-0.15, -0.1) is 0 Å². The van der Waals surface area contributed by atoms with Gasteiger partial charge in [0.05, 0.1) is 30.7 Å². The Labute approximate surface area is 193 Å². The summed E-state index contributed by atoms with van der Waals surface area (Å²) in [4.78, 5) is 20.1. The third-order valence-corrected chi connectivity index (χ3v) is 6.28. The Bertz CT molecular complexity index is 1300. The van der Waals surface area contributed by atoms with Gasteiger partial charge in [-0.3, -0.25) is 9.69 Å². The summed E-state index contributed by atoms with van der Waals surface area (Å²) in [6.07, 6.45) is 3.88. The molecule has 1 aliphatic rings. The smallest absolute Gasteiger partial charge is 0.257 e. The standard InChI is InChI=1S/C25H30N6O2/c1-17(2)31-24-20(16-26-31)15-22(18(3)27-24)25(32)28-21-4-5-23-19(14-21)6-7-30(23)9-8-29-10-12-33-13-11-29/h4-7,14-17H,8-13H2,1-3H3,(H,28,32). The Morgan fingerprint density at radius 1 is 1.12 bits per heavy atom. The molecule has 1 N–H and O–H groups in total. The molecule has 0 atom stereocenters. The monoisotopic (exact) mass is 446 g/mol. The molecule has 1 aromatic carbocycles. The number of hydrogen-bond donors (Lipinski definition) is 1. The van der Waals surface area contributed by atoms with Crippen molar-refractivity contribution in [3.8, 4) is 0 Å². The van der Waals surface area contributed by atoms with Gasteiger partial charge >= 0.3 is 0 Å². The number of carbonyl (C=O) groups excluding carboxylic acids is 1. The van der Waals surface area contributed by atoms with Crippen molar-refractivity contribution in [3.63, 3.8) is 0 Å². The summed E-state index contributed by atoms with van der Waals surface area (Å²) in [6.45, 7) is 11.6. The molecule has 0 bridgehead atoms. The summed E-state index contributed by atoms with van der Waals surface area (Å²) in [6, 6.07) is 10.2. The minimum atomic E-state index is -0.162. The minimum absolute atomic E-state index is 0.162. The Morgan fingerprint density at radius 3 is 2.73 bits per heavy atom. The zero-order valence-corrected chi connectivity index (χ0v) is 19.4. The van der Waals surface area contributed by atoms with Crippen molar-refractivity contribution >= 4 is 33.5 Å². The number of carbonyl (C=O) groups is 1. The molecular weight excluding hydrogens is 416 g/mol. The van der Waals surface area contributed by atoms with Crippen molar-refractivity contribution in [2.75, 3.05) is 38.2 Å². The quantitative estimate of drug-likeness (QED) is 0.487. The summed E-state index contributed by atoms with van der Waals surface area (Å²) in [5.41, 5.74) is 4.00. The fourth-order valence-electron chi connectivity index (χ4n) is 4.42. The Morgan fingerprint density at radius 2 is 1.94 bits per heavy atom. The van der Waals surface area contributed by atoms with Crippen molar-refractivity contribution in [1.82, 2.24) is 24.2 Å². The lowest BCUT2D eigenvalue weighted by atomic mass is 10.1. The largest absolute Gasteiger partial charge is 0.379 e. The fraction of sp³-hybridized carbons (Fsp3) is 0.400. The van der Waals surface area contributed by atoms with Gasteiger partial charge in [-0.2, -0.15) is 5.10 Å². The number of aromatic nitrogens is 4. The number of rotatable bonds is 6. The van der Waals surface area contributed by atoms with Crippen LogP contribution in [0.4, 0.5) is 5.69 Å². The lowest BCUT2D eigenvalue weighted by Crippen LogP contribution is -2.38. The molecule has 0 radical (unpaired) electrons. The predicted molar refractivity (Wildman–Crippen MR) is 130 cm³/mol. The van der Waals surface area contributed by atoms with Gasteiger partial charge < -0.3 is 14.6 Å². The second kappa shape index (κ2) is 8.96. The summed E-state index contributed by atoms with van der Waals surface area (Å²) in [5.74, 6) is -0.162. The van der Waals surface area contributed by atoms with Gasteiger partial charge in [0, 0.05) is 60.4 Å². The van der Waals surface area contributed by atoms with Crippen LogP contribution < -0.4 is 5.32 Å². The molecule has 4 aromatic rings. The highest BCUT2D eigenvalue weighted by Crippen LogP contribution is 2.23. The molecule has 33 heavy (non-hydrogen) atoms. The van der Waals surface area contributed by atoms with Crippen LogP contribution in [0.25, 0.3) is 21.9 Å². The SMILES string of the molecule is Cc1nc2c(cnn2C(C)C)cc1C(=O)Nc1ccc2c(ccn2CCN2CCOCC2)c1. The van der Waals surface area contributed by atoms with Crippen LogP contribution in [-0.2, 0) is 11.3 Å². The van der Waals surface area contributed by atoms with Crippen LogP contribution in [0.1, 0.15) is 35.9 Å². The number of benzene rings is 1. The zero-order valence-electron chi connectivity index (χ0n) is 19.4. The molecule has 8 nitrogen and oxygen atoms in total. The summed E-state index contributed by atoms with van der Waals surface area (Å²) in [5, 5.41) is 9.43. The lowest BCUT2D eigenvalue weighted by molar-refractivity contribution is 0.0365. The second-order valence-corrected chi connectivity index (χ2v) is 8.91. The molecule has 1 saturated heterocycles. The molecule has 3 aromatic heterocycles. The van der Waals surface area contributed by atoms with Gasteiger partial charge in [-0.1, -0.05) is 0 Å². The van der Waals surface area contributed by atoms with Crippen LogP contribution in [0, 0.1) is 6.92 Å². The van der Waals surface area contributed by atoms with E-state index in [1.165, 1.54) is 5.52 Å². The minimum Gasteiger partial charge on any atom is -0.379 e. The first-order valence-electron chi connectivity index (χ1n) is 11.5. The molecule has 172 valence electrons. The van der Waals surface area contributed by atoms with Crippen LogP contribution >= 0.6 is 0 Å². The van der Waals surface area contributed by atoms with Crippen LogP contribution in [0.3, 0.4) is 0 Å². The molecule has 0 spiro atoms. The Hall–Kier alpha value is -3.23. The van der Waals surface area contributed by atoms with Crippen molar-refractivity contribution in [1.29, 1.82) is 0 Å². The van der Waals surface area contributed by atoms with E-state index in [0.717, 1.165) is 61.5 Å². The average Bonchev–Trinajstić information content (AvgIpc) is 3.41. The first-order chi connectivity index (χ1) is 16.0. The normalized spacial score (nSPS) is 15.0. The van der Waals surface area contributed by atoms with Crippen molar-refractivity contribution in [2.24, 2.45) is 0 Å². The number of fused-ring (bicyclic) bond motifs is 2. The molecular formula is C25H30N6O2. The van der Waals surface area contributed by atoms with E-state index >= 15 is 0 Å². The number of amides is 1. The number of aryl methyl sites for hydroxylation is 1. The van der Waals surface area contributed by atoms with Crippen molar-refractivity contribution < 1.29 is 9.53 Å². The van der Waals surface area contributed by atoms with Crippen molar-refractivity contribution in [3.05, 3.63) is 54.0 Å². The maximum absolute atomic E-state index is 13.0. The molecule has 0 aliphatic carbocycles. The average molecular weight is 447 g/mol. The van der Waals surface area contributed by atoms with Gasteiger partial charge in [0.1, 0.15) is 0 Å². The van der Waals surface area contributed by atoms with Gasteiger partial charge in [0.2, 0.25) is 0 Å². The third-order valence-electron chi connectivity index (χ3n) is 6.28. The molecule has 0 saturated carbocycles.